The van der Waals surface area contributed by atoms with E-state index in [2.05, 4.69) is 25.8 Å². The summed E-state index contributed by atoms with van der Waals surface area (Å²) < 4.78 is 39.3. The van der Waals surface area contributed by atoms with Gasteiger partial charge in [0.05, 0.1) is 28.2 Å². The van der Waals surface area contributed by atoms with Crippen LogP contribution >= 0.6 is 0 Å². The molecule has 0 aliphatic carbocycles. The van der Waals surface area contributed by atoms with Crippen LogP contribution in [0.1, 0.15) is 16.8 Å². The highest BCUT2D eigenvalue weighted by atomic mass is 19.4. The van der Waals surface area contributed by atoms with E-state index in [1.807, 2.05) is 60.7 Å². The van der Waals surface area contributed by atoms with Gasteiger partial charge in [-0.2, -0.15) is 18.3 Å². The van der Waals surface area contributed by atoms with Crippen molar-refractivity contribution in [1.29, 1.82) is 0 Å². The molecule has 3 heterocycles. The molecule has 1 aliphatic heterocycles. The zero-order chi connectivity index (χ0) is 26.3. The van der Waals surface area contributed by atoms with E-state index in [-0.39, 0.29) is 5.91 Å². The van der Waals surface area contributed by atoms with Gasteiger partial charge in [0.15, 0.2) is 0 Å². The molecule has 1 aliphatic rings. The number of amides is 1. The number of benzene rings is 3. The van der Waals surface area contributed by atoms with Crippen LogP contribution in [0.2, 0.25) is 0 Å². The molecule has 9 heteroatoms. The number of fused-ring (bicyclic) bond motifs is 1. The standard InChI is InChI=1S/C29H20F3N5O/c30-29(31,32)19-6-1-4-17(12-19)25-16-26(37-36-25)18-5-2-7-21(13-18)34-22-9-10-23-24(14-20-8-3-11-33-20)28(38)35-27(23)15-22/h1-16,33-34H,(H,35,38)(H,36,37). The van der Waals surface area contributed by atoms with Crippen LogP contribution in [0.25, 0.3) is 34.2 Å². The molecule has 2 aromatic heterocycles. The van der Waals surface area contributed by atoms with Gasteiger partial charge in [-0.05, 0) is 60.7 Å². The van der Waals surface area contributed by atoms with Gasteiger partial charge in [0, 0.05) is 40.0 Å². The molecular formula is C29H20F3N5O. The molecule has 6 rings (SSSR count). The Morgan fingerprint density at radius 1 is 0.842 bits per heavy atom. The van der Waals surface area contributed by atoms with E-state index in [9.17, 15) is 18.0 Å². The summed E-state index contributed by atoms with van der Waals surface area (Å²) >= 11 is 0. The number of aromatic nitrogens is 3. The lowest BCUT2D eigenvalue weighted by Gasteiger charge is -2.09. The van der Waals surface area contributed by atoms with Crippen LogP contribution < -0.4 is 10.6 Å². The Balaban J connectivity index is 1.23. The van der Waals surface area contributed by atoms with E-state index in [1.54, 1.807) is 18.3 Å². The predicted molar refractivity (Wildman–Crippen MR) is 141 cm³/mol. The molecule has 0 atom stereocenters. The maximum Gasteiger partial charge on any atom is 0.416 e. The van der Waals surface area contributed by atoms with E-state index in [1.165, 1.54) is 6.07 Å². The largest absolute Gasteiger partial charge is 0.416 e. The van der Waals surface area contributed by atoms with E-state index in [0.29, 0.717) is 28.2 Å². The van der Waals surface area contributed by atoms with Gasteiger partial charge in [-0.15, -0.1) is 0 Å². The third kappa shape index (κ3) is 4.57. The summed E-state index contributed by atoms with van der Waals surface area (Å²) in [5.74, 6) is -0.162. The fourth-order valence-electron chi connectivity index (χ4n) is 4.41. The zero-order valence-electron chi connectivity index (χ0n) is 19.7. The fraction of sp³-hybridized carbons (Fsp3) is 0.0345. The van der Waals surface area contributed by atoms with Crippen molar-refractivity contribution in [3.63, 3.8) is 0 Å². The Morgan fingerprint density at radius 2 is 1.66 bits per heavy atom. The smallest absolute Gasteiger partial charge is 0.362 e. The van der Waals surface area contributed by atoms with E-state index >= 15 is 0 Å². The number of anilines is 3. The third-order valence-corrected chi connectivity index (χ3v) is 6.25. The number of alkyl halides is 3. The van der Waals surface area contributed by atoms with Crippen LogP contribution in [0.4, 0.5) is 30.2 Å². The molecule has 0 bridgehead atoms. The number of nitrogens with zero attached hydrogens (tertiary/aromatic N) is 1. The Bertz CT molecular complexity index is 1680. The molecule has 3 aromatic carbocycles. The lowest BCUT2D eigenvalue weighted by molar-refractivity contribution is -0.137. The minimum atomic E-state index is -4.42. The molecule has 5 aromatic rings. The Kier molecular flexibility index (Phi) is 5.60. The average molecular weight is 512 g/mol. The van der Waals surface area contributed by atoms with Gasteiger partial charge in [0.25, 0.3) is 5.91 Å². The molecule has 188 valence electrons. The summed E-state index contributed by atoms with van der Waals surface area (Å²) in [6, 6.07) is 23.8. The maximum atomic E-state index is 13.1. The van der Waals surface area contributed by atoms with Crippen LogP contribution in [0.5, 0.6) is 0 Å². The van der Waals surface area contributed by atoms with Gasteiger partial charge in [0.2, 0.25) is 0 Å². The molecule has 1 amide bonds. The van der Waals surface area contributed by atoms with Crippen molar-refractivity contribution in [2.45, 2.75) is 6.18 Å². The number of aromatic amines is 2. The summed E-state index contributed by atoms with van der Waals surface area (Å²) in [7, 11) is 0. The minimum absolute atomic E-state index is 0.162. The molecule has 0 fully saturated rings. The summed E-state index contributed by atoms with van der Waals surface area (Å²) in [6.07, 6.45) is -0.804. The van der Waals surface area contributed by atoms with Crippen molar-refractivity contribution < 1.29 is 18.0 Å². The highest BCUT2D eigenvalue weighted by molar-refractivity contribution is 6.35. The molecule has 6 nitrogen and oxygen atoms in total. The highest BCUT2D eigenvalue weighted by Crippen LogP contribution is 2.36. The second-order valence-electron chi connectivity index (χ2n) is 8.85. The number of H-pyrrole nitrogens is 2. The fourth-order valence-corrected chi connectivity index (χ4v) is 4.41. The SMILES string of the molecule is O=C1Nc2cc(Nc3cccc(-c4cc(-c5cccc(C(F)(F)F)c5)n[nH]4)c3)ccc2C1=Cc1ccc[nH]1. The van der Waals surface area contributed by atoms with E-state index in [0.717, 1.165) is 40.3 Å². The van der Waals surface area contributed by atoms with Gasteiger partial charge in [-0.25, -0.2) is 0 Å². The van der Waals surface area contributed by atoms with Crippen LogP contribution in [0.15, 0.2) is 91.1 Å². The molecule has 0 saturated heterocycles. The monoisotopic (exact) mass is 511 g/mol. The number of halogens is 3. The normalized spacial score (nSPS) is 14.0. The Morgan fingerprint density at radius 3 is 2.47 bits per heavy atom. The van der Waals surface area contributed by atoms with Gasteiger partial charge in [0.1, 0.15) is 0 Å². The van der Waals surface area contributed by atoms with Gasteiger partial charge in [-0.3, -0.25) is 9.89 Å². The third-order valence-electron chi connectivity index (χ3n) is 6.25. The van der Waals surface area contributed by atoms with Crippen molar-refractivity contribution >= 4 is 34.6 Å². The second kappa shape index (κ2) is 9.11. The van der Waals surface area contributed by atoms with Crippen LogP contribution in [-0.4, -0.2) is 21.1 Å². The molecule has 38 heavy (non-hydrogen) atoms. The van der Waals surface area contributed by atoms with Crippen LogP contribution in [-0.2, 0) is 11.0 Å². The number of hydrogen-bond acceptors (Lipinski definition) is 3. The summed E-state index contributed by atoms with van der Waals surface area (Å²) in [4.78, 5) is 15.6. The predicted octanol–water partition coefficient (Wildman–Crippen LogP) is 7.33. The molecule has 0 spiro atoms. The van der Waals surface area contributed by atoms with E-state index < -0.39 is 11.7 Å². The van der Waals surface area contributed by atoms with Crippen molar-refractivity contribution in [3.8, 4) is 22.5 Å². The van der Waals surface area contributed by atoms with Crippen molar-refractivity contribution in [2.75, 3.05) is 10.6 Å². The van der Waals surface area contributed by atoms with Gasteiger partial charge in [-0.1, -0.05) is 30.3 Å². The minimum Gasteiger partial charge on any atom is -0.362 e. The highest BCUT2D eigenvalue weighted by Gasteiger charge is 2.30. The second-order valence-corrected chi connectivity index (χ2v) is 8.85. The lowest BCUT2D eigenvalue weighted by Crippen LogP contribution is -2.04. The number of rotatable bonds is 5. The molecule has 0 radical (unpaired) electrons. The maximum absolute atomic E-state index is 13.1. The topological polar surface area (TPSA) is 85.6 Å². The van der Waals surface area contributed by atoms with Gasteiger partial charge >= 0.3 is 6.18 Å². The Labute approximate surface area is 215 Å². The average Bonchev–Trinajstić information content (AvgIpc) is 3.65. The summed E-state index contributed by atoms with van der Waals surface area (Å²) in [5, 5.41) is 13.4. The number of hydrogen-bond donors (Lipinski definition) is 4. The molecule has 0 unspecified atom stereocenters. The van der Waals surface area contributed by atoms with Crippen molar-refractivity contribution in [1.82, 2.24) is 15.2 Å². The first kappa shape index (κ1) is 23.4. The first-order chi connectivity index (χ1) is 18.3. The Hall–Kier alpha value is -5.05. The number of carbonyl (C=O) groups excluding carboxylic acids is 1. The molecular weight excluding hydrogens is 491 g/mol. The zero-order valence-corrected chi connectivity index (χ0v) is 19.7. The lowest BCUT2D eigenvalue weighted by atomic mass is 10.0. The summed E-state index contributed by atoms with van der Waals surface area (Å²) in [5.41, 5.74) is 6.11. The van der Waals surface area contributed by atoms with Crippen LogP contribution in [0, 0.1) is 0 Å². The number of nitrogens with one attached hydrogen (secondary N) is 4. The van der Waals surface area contributed by atoms with Crippen LogP contribution in [0.3, 0.4) is 0 Å². The first-order valence-electron chi connectivity index (χ1n) is 11.7. The molecule has 4 N–H and O–H groups in total. The summed E-state index contributed by atoms with van der Waals surface area (Å²) in [6.45, 7) is 0. The van der Waals surface area contributed by atoms with Crippen molar-refractivity contribution in [2.24, 2.45) is 0 Å². The quantitative estimate of drug-likeness (QED) is 0.186. The van der Waals surface area contributed by atoms with E-state index in [4.69, 9.17) is 0 Å². The molecule has 0 saturated carbocycles. The number of carbonyl (C=O) groups is 1. The van der Waals surface area contributed by atoms with Gasteiger partial charge < -0.3 is 15.6 Å². The first-order valence-corrected chi connectivity index (χ1v) is 11.7. The van der Waals surface area contributed by atoms with Crippen molar-refractivity contribution in [3.05, 3.63) is 108 Å².